The lowest BCUT2D eigenvalue weighted by molar-refractivity contribution is -0.123. The minimum absolute atomic E-state index is 0.00852. The van der Waals surface area contributed by atoms with Crippen LogP contribution < -0.4 is 9.62 Å². The highest BCUT2D eigenvalue weighted by Gasteiger charge is 2.33. The number of benzene rings is 3. The van der Waals surface area contributed by atoms with Crippen molar-refractivity contribution in [2.75, 3.05) is 16.2 Å². The average molecular weight is 485 g/mol. The van der Waals surface area contributed by atoms with Crippen molar-refractivity contribution in [2.45, 2.75) is 24.3 Å². The predicted molar refractivity (Wildman–Crippen MR) is 126 cm³/mol. The number of esters is 1. The van der Waals surface area contributed by atoms with Crippen LogP contribution >= 0.6 is 11.6 Å². The zero-order valence-electron chi connectivity index (χ0n) is 17.7. The number of nitrogens with zero attached hydrogens (tertiary/aromatic N) is 1. The van der Waals surface area contributed by atoms with Crippen LogP contribution in [0.4, 0.5) is 11.4 Å². The molecule has 1 atom stereocenters. The summed E-state index contributed by atoms with van der Waals surface area (Å²) in [6.07, 6.45) is -0.512. The predicted octanol–water partition coefficient (Wildman–Crippen LogP) is 4.28. The number of hydrogen-bond donors (Lipinski definition) is 1. The Bertz CT molecular complexity index is 1310. The van der Waals surface area contributed by atoms with Gasteiger partial charge >= 0.3 is 5.97 Å². The van der Waals surface area contributed by atoms with Gasteiger partial charge in [0.1, 0.15) is 4.90 Å². The molecule has 33 heavy (non-hydrogen) atoms. The molecule has 0 saturated carbocycles. The topological polar surface area (TPSA) is 92.8 Å². The number of rotatable bonds is 6. The Balaban J connectivity index is 1.53. The van der Waals surface area contributed by atoms with Gasteiger partial charge in [0, 0.05) is 12.2 Å². The Morgan fingerprint density at radius 3 is 2.48 bits per heavy atom. The smallest absolute Gasteiger partial charge is 0.338 e. The first-order chi connectivity index (χ1) is 15.8. The van der Waals surface area contributed by atoms with Gasteiger partial charge in [-0.05, 0) is 55.3 Å². The number of amides is 1. The van der Waals surface area contributed by atoms with Crippen LogP contribution in [-0.2, 0) is 26.0 Å². The summed E-state index contributed by atoms with van der Waals surface area (Å²) in [6, 6.07) is 19.9. The molecule has 1 N–H and O–H groups in total. The van der Waals surface area contributed by atoms with Gasteiger partial charge in [0.15, 0.2) is 6.10 Å². The number of ether oxygens (including phenoxy) is 1. The number of halogens is 1. The largest absolute Gasteiger partial charge is 0.449 e. The van der Waals surface area contributed by atoms with Crippen molar-refractivity contribution >= 4 is 44.9 Å². The first kappa shape index (κ1) is 22.8. The molecule has 0 fully saturated rings. The van der Waals surface area contributed by atoms with E-state index >= 15 is 0 Å². The number of anilines is 2. The molecule has 170 valence electrons. The van der Waals surface area contributed by atoms with E-state index in [1.54, 1.807) is 36.4 Å². The quantitative estimate of drug-likeness (QED) is 0.527. The first-order valence-electron chi connectivity index (χ1n) is 10.2. The lowest BCUT2D eigenvalue weighted by atomic mass is 10.2. The highest BCUT2D eigenvalue weighted by molar-refractivity contribution is 7.93. The fourth-order valence-electron chi connectivity index (χ4n) is 3.55. The molecular formula is C24H21ClN2O5S. The minimum atomic E-state index is -4.01. The second-order valence-electron chi connectivity index (χ2n) is 7.50. The Kier molecular flexibility index (Phi) is 6.40. The lowest BCUT2D eigenvalue weighted by Crippen LogP contribution is -2.31. The molecule has 0 aliphatic carbocycles. The summed E-state index contributed by atoms with van der Waals surface area (Å²) in [4.78, 5) is 24.8. The molecule has 0 aromatic heterocycles. The molecular weight excluding hydrogens is 464 g/mol. The summed E-state index contributed by atoms with van der Waals surface area (Å²) >= 11 is 6.22. The van der Waals surface area contributed by atoms with Gasteiger partial charge in [-0.1, -0.05) is 48.0 Å². The molecule has 4 rings (SSSR count). The number of sulfonamides is 1. The fraction of sp³-hybridized carbons (Fsp3) is 0.167. The third-order valence-corrected chi connectivity index (χ3v) is 7.57. The SMILES string of the molecule is CC(OC(=O)c1ccc(Cl)c(S(=O)(=O)N2CCc3ccccc32)c1)C(=O)Nc1ccccc1. The van der Waals surface area contributed by atoms with Crippen LogP contribution in [0.25, 0.3) is 0 Å². The van der Waals surface area contributed by atoms with Gasteiger partial charge in [-0.3, -0.25) is 9.10 Å². The van der Waals surface area contributed by atoms with Gasteiger partial charge in [-0.15, -0.1) is 0 Å². The van der Waals surface area contributed by atoms with E-state index in [0.29, 0.717) is 17.8 Å². The van der Waals surface area contributed by atoms with Crippen molar-refractivity contribution in [3.05, 3.63) is 88.9 Å². The van der Waals surface area contributed by atoms with E-state index < -0.39 is 28.0 Å². The van der Waals surface area contributed by atoms with Gasteiger partial charge in [0.25, 0.3) is 15.9 Å². The molecule has 1 amide bonds. The first-order valence-corrected chi connectivity index (χ1v) is 12.1. The van der Waals surface area contributed by atoms with E-state index in [1.807, 2.05) is 18.2 Å². The van der Waals surface area contributed by atoms with Crippen molar-refractivity contribution < 1.29 is 22.7 Å². The minimum Gasteiger partial charge on any atom is -0.449 e. The van der Waals surface area contributed by atoms with Crippen LogP contribution in [0.1, 0.15) is 22.8 Å². The van der Waals surface area contributed by atoms with E-state index in [1.165, 1.54) is 29.4 Å². The van der Waals surface area contributed by atoms with E-state index in [0.717, 1.165) is 5.56 Å². The van der Waals surface area contributed by atoms with Gasteiger partial charge in [-0.2, -0.15) is 0 Å². The molecule has 9 heteroatoms. The van der Waals surface area contributed by atoms with E-state index in [9.17, 15) is 18.0 Å². The fourth-order valence-corrected chi connectivity index (χ4v) is 5.56. The third-order valence-electron chi connectivity index (χ3n) is 5.27. The Morgan fingerprint density at radius 2 is 1.73 bits per heavy atom. The van der Waals surface area contributed by atoms with Crippen molar-refractivity contribution in [3.8, 4) is 0 Å². The van der Waals surface area contributed by atoms with E-state index in [4.69, 9.17) is 16.3 Å². The normalized spacial score (nSPS) is 13.8. The van der Waals surface area contributed by atoms with Crippen LogP contribution in [0.15, 0.2) is 77.7 Å². The molecule has 1 unspecified atom stereocenters. The van der Waals surface area contributed by atoms with Crippen LogP contribution in [0.2, 0.25) is 5.02 Å². The highest BCUT2D eigenvalue weighted by Crippen LogP contribution is 2.35. The second-order valence-corrected chi connectivity index (χ2v) is 9.74. The lowest BCUT2D eigenvalue weighted by Gasteiger charge is -2.21. The van der Waals surface area contributed by atoms with Gasteiger partial charge in [0.05, 0.1) is 16.3 Å². The maximum absolute atomic E-state index is 13.4. The molecule has 3 aromatic carbocycles. The molecule has 0 spiro atoms. The van der Waals surface area contributed by atoms with E-state index in [2.05, 4.69) is 5.32 Å². The molecule has 1 aliphatic rings. The Morgan fingerprint density at radius 1 is 1.03 bits per heavy atom. The molecule has 1 aliphatic heterocycles. The van der Waals surface area contributed by atoms with Crippen LogP contribution in [0.3, 0.4) is 0 Å². The average Bonchev–Trinajstić information content (AvgIpc) is 3.25. The zero-order chi connectivity index (χ0) is 23.6. The number of hydrogen-bond acceptors (Lipinski definition) is 5. The molecule has 0 bridgehead atoms. The van der Waals surface area contributed by atoms with Crippen molar-refractivity contribution in [1.29, 1.82) is 0 Å². The van der Waals surface area contributed by atoms with Crippen molar-refractivity contribution in [3.63, 3.8) is 0 Å². The number of carbonyl (C=O) groups excluding carboxylic acids is 2. The number of para-hydroxylation sites is 2. The second kappa shape index (κ2) is 9.25. The standard InChI is InChI=1S/C24H21ClN2O5S/c1-16(23(28)26-19-8-3-2-4-9-19)32-24(29)18-11-12-20(25)22(15-18)33(30,31)27-14-13-17-7-5-6-10-21(17)27/h2-12,15-16H,13-14H2,1H3,(H,26,28). The maximum atomic E-state index is 13.4. The maximum Gasteiger partial charge on any atom is 0.338 e. The van der Waals surface area contributed by atoms with Gasteiger partial charge in [-0.25, -0.2) is 13.2 Å². The highest BCUT2D eigenvalue weighted by atomic mass is 35.5. The Hall–Kier alpha value is -3.36. The molecule has 1 heterocycles. The summed E-state index contributed by atoms with van der Waals surface area (Å²) in [7, 11) is -4.01. The third kappa shape index (κ3) is 4.72. The van der Waals surface area contributed by atoms with Crippen LogP contribution in [0, 0.1) is 0 Å². The van der Waals surface area contributed by atoms with E-state index in [-0.39, 0.29) is 22.0 Å². The monoisotopic (exact) mass is 484 g/mol. The summed E-state index contributed by atoms with van der Waals surface area (Å²) in [5, 5.41) is 2.64. The number of nitrogens with one attached hydrogen (secondary N) is 1. The van der Waals surface area contributed by atoms with Crippen LogP contribution in [0.5, 0.6) is 0 Å². The summed E-state index contributed by atoms with van der Waals surface area (Å²) < 4.78 is 33.2. The summed E-state index contributed by atoms with van der Waals surface area (Å²) in [5.74, 6) is -1.34. The van der Waals surface area contributed by atoms with Gasteiger partial charge < -0.3 is 10.1 Å². The number of fused-ring (bicyclic) bond motifs is 1. The molecule has 3 aromatic rings. The van der Waals surface area contributed by atoms with Crippen molar-refractivity contribution in [1.82, 2.24) is 0 Å². The van der Waals surface area contributed by atoms with Gasteiger partial charge in [0.2, 0.25) is 0 Å². The molecule has 7 nitrogen and oxygen atoms in total. The van der Waals surface area contributed by atoms with Crippen molar-refractivity contribution in [2.24, 2.45) is 0 Å². The van der Waals surface area contributed by atoms with Crippen LogP contribution in [-0.4, -0.2) is 32.9 Å². The zero-order valence-corrected chi connectivity index (χ0v) is 19.3. The molecule has 0 radical (unpaired) electrons. The Labute approximate surface area is 197 Å². The summed E-state index contributed by atoms with van der Waals surface area (Å²) in [6.45, 7) is 1.72. The summed E-state index contributed by atoms with van der Waals surface area (Å²) in [5.41, 5.74) is 2.06. The molecule has 0 saturated heterocycles. The number of carbonyl (C=O) groups is 2.